The van der Waals surface area contributed by atoms with E-state index >= 15 is 0 Å². The van der Waals surface area contributed by atoms with Crippen molar-refractivity contribution >= 4 is 13.8 Å². The minimum absolute atomic E-state index is 0.890. The Labute approximate surface area is 75.1 Å². The van der Waals surface area contributed by atoms with Crippen LogP contribution in [0.1, 0.15) is 24.2 Å². The maximum Gasteiger partial charge on any atom is 0.00103 e. The zero-order valence-electron chi connectivity index (χ0n) is 7.52. The van der Waals surface area contributed by atoms with E-state index in [4.69, 9.17) is 0 Å². The first-order valence-electron chi connectivity index (χ1n) is 4.30. The molecule has 0 spiro atoms. The topological polar surface area (TPSA) is 0 Å². The third-order valence-corrected chi connectivity index (χ3v) is 3.68. The number of hydrogen-bond donors (Lipinski definition) is 0. The Bertz CT molecular complexity index is 353. The zero-order chi connectivity index (χ0) is 8.55. The van der Waals surface area contributed by atoms with E-state index in [1.54, 1.807) is 5.30 Å². The van der Waals surface area contributed by atoms with Crippen molar-refractivity contribution in [3.8, 4) is 0 Å². The van der Waals surface area contributed by atoms with E-state index in [1.165, 1.54) is 16.7 Å². The fourth-order valence-corrected chi connectivity index (χ4v) is 2.93. The van der Waals surface area contributed by atoms with Crippen LogP contribution in [0, 0.1) is 6.92 Å². The highest BCUT2D eigenvalue weighted by Crippen LogP contribution is 2.36. The Kier molecular flexibility index (Phi) is 1.94. The summed E-state index contributed by atoms with van der Waals surface area (Å²) in [5.41, 5.74) is 4.41. The van der Waals surface area contributed by atoms with Gasteiger partial charge in [-0.1, -0.05) is 18.2 Å². The van der Waals surface area contributed by atoms with Gasteiger partial charge in [0.25, 0.3) is 0 Å². The number of rotatable bonds is 1. The maximum absolute atomic E-state index is 2.34. The molecule has 1 aromatic heterocycles. The minimum atomic E-state index is 0.890. The first kappa shape index (κ1) is 7.89. The number of allylic oxidation sites excluding steroid dienone is 4. The largest absolute Gasteiger partial charge is 0.131 e. The van der Waals surface area contributed by atoms with Gasteiger partial charge in [0.15, 0.2) is 0 Å². The second kappa shape index (κ2) is 2.95. The molecule has 2 rings (SSSR count). The van der Waals surface area contributed by atoms with Gasteiger partial charge in [-0.2, -0.15) is 0 Å². The number of hydrogen-bond acceptors (Lipinski definition) is 0. The maximum atomic E-state index is 2.34. The lowest BCUT2D eigenvalue weighted by atomic mass is 10.1. The Balaban J connectivity index is 2.44. The third-order valence-electron chi connectivity index (χ3n) is 2.40. The van der Waals surface area contributed by atoms with Gasteiger partial charge in [-0.3, -0.25) is 0 Å². The van der Waals surface area contributed by atoms with Crippen molar-refractivity contribution < 1.29 is 0 Å². The van der Waals surface area contributed by atoms with Crippen LogP contribution in [-0.4, -0.2) is 0 Å². The Morgan fingerprint density at radius 1 is 1.25 bits per heavy atom. The molecule has 0 aliphatic heterocycles. The summed E-state index contributed by atoms with van der Waals surface area (Å²) >= 11 is 0. The molecule has 0 saturated carbocycles. The van der Waals surface area contributed by atoms with Crippen LogP contribution in [0.15, 0.2) is 29.6 Å². The van der Waals surface area contributed by atoms with E-state index in [0.29, 0.717) is 0 Å². The summed E-state index contributed by atoms with van der Waals surface area (Å²) in [5, 5.41) is 1.56. The smallest absolute Gasteiger partial charge is 0.00103 e. The van der Waals surface area contributed by atoms with Crippen LogP contribution in [0.5, 0.6) is 0 Å². The van der Waals surface area contributed by atoms with Crippen molar-refractivity contribution in [1.29, 1.82) is 0 Å². The summed E-state index contributed by atoms with van der Waals surface area (Å²) in [4.78, 5) is 0. The summed E-state index contributed by atoms with van der Waals surface area (Å²) in [7, 11) is 0.890. The van der Waals surface area contributed by atoms with Gasteiger partial charge in [0.2, 0.25) is 0 Å². The highest BCUT2D eigenvalue weighted by Gasteiger charge is 2.09. The molecule has 0 bridgehead atoms. The lowest BCUT2D eigenvalue weighted by molar-refractivity contribution is 1.42. The van der Waals surface area contributed by atoms with Crippen LogP contribution in [-0.2, 0) is 0 Å². The van der Waals surface area contributed by atoms with E-state index in [-0.39, 0.29) is 0 Å². The highest BCUT2D eigenvalue weighted by atomic mass is 31.0. The molecule has 1 heterocycles. The minimum Gasteiger partial charge on any atom is -0.131 e. The number of aryl methyl sites for hydroxylation is 1. The highest BCUT2D eigenvalue weighted by molar-refractivity contribution is 7.31. The Hall–Kier alpha value is -0.740. The summed E-state index contributed by atoms with van der Waals surface area (Å²) in [6.45, 7) is 4.42. The standard InChI is InChI=1S/C11H13P/c1-8-4-3-5-10(8)11-9(2)6-7-12-11/h4-7,12H,3H2,1-2H3. The predicted molar refractivity (Wildman–Crippen MR) is 57.0 cm³/mol. The molecule has 1 aliphatic rings. The molecule has 12 heavy (non-hydrogen) atoms. The first-order chi connectivity index (χ1) is 5.79. The van der Waals surface area contributed by atoms with Gasteiger partial charge >= 0.3 is 0 Å². The van der Waals surface area contributed by atoms with E-state index in [9.17, 15) is 0 Å². The van der Waals surface area contributed by atoms with Gasteiger partial charge in [0, 0.05) is 5.30 Å². The van der Waals surface area contributed by atoms with Crippen LogP contribution in [0.3, 0.4) is 0 Å². The van der Waals surface area contributed by atoms with E-state index < -0.39 is 0 Å². The molecule has 0 saturated heterocycles. The molecule has 1 heteroatoms. The fourth-order valence-electron chi connectivity index (χ4n) is 1.66. The van der Waals surface area contributed by atoms with Crippen molar-refractivity contribution in [3.63, 3.8) is 0 Å². The molecule has 0 aromatic carbocycles. The van der Waals surface area contributed by atoms with Gasteiger partial charge in [-0.25, -0.2) is 0 Å². The molecule has 0 amide bonds. The second-order valence-electron chi connectivity index (χ2n) is 3.28. The third kappa shape index (κ3) is 1.17. The molecule has 0 fully saturated rings. The van der Waals surface area contributed by atoms with Crippen molar-refractivity contribution in [2.24, 2.45) is 0 Å². The van der Waals surface area contributed by atoms with Crippen molar-refractivity contribution in [2.45, 2.75) is 20.3 Å². The molecule has 0 N–H and O–H groups in total. The first-order valence-corrected chi connectivity index (χ1v) is 5.38. The molecular weight excluding hydrogens is 163 g/mol. The molecule has 1 atom stereocenters. The zero-order valence-corrected chi connectivity index (χ0v) is 8.52. The SMILES string of the molecule is CC1=CCC=C1c1[pH]ccc1C. The predicted octanol–water partition coefficient (Wildman–Crippen LogP) is 3.76. The van der Waals surface area contributed by atoms with Crippen molar-refractivity contribution in [1.82, 2.24) is 0 Å². The molecule has 0 nitrogen and oxygen atoms in total. The van der Waals surface area contributed by atoms with Gasteiger partial charge < -0.3 is 0 Å². The van der Waals surface area contributed by atoms with E-state index in [0.717, 1.165) is 14.6 Å². The van der Waals surface area contributed by atoms with Gasteiger partial charge in [0.05, 0.1) is 0 Å². The average Bonchev–Trinajstić information content (AvgIpc) is 2.59. The normalized spacial score (nSPS) is 16.8. The second-order valence-corrected chi connectivity index (χ2v) is 4.40. The van der Waals surface area contributed by atoms with Crippen LogP contribution >= 0.6 is 8.19 Å². The Morgan fingerprint density at radius 3 is 2.58 bits per heavy atom. The van der Waals surface area contributed by atoms with Gasteiger partial charge in [-0.15, -0.1) is 8.19 Å². The summed E-state index contributed by atoms with van der Waals surface area (Å²) in [6.07, 6.45) is 5.77. The van der Waals surface area contributed by atoms with Crippen LogP contribution in [0.25, 0.3) is 5.57 Å². The van der Waals surface area contributed by atoms with E-state index in [1.807, 2.05) is 0 Å². The summed E-state index contributed by atoms with van der Waals surface area (Å²) in [6, 6.07) is 2.24. The van der Waals surface area contributed by atoms with Crippen molar-refractivity contribution in [3.05, 3.63) is 40.4 Å². The average molecular weight is 176 g/mol. The molecule has 1 unspecified atom stereocenters. The van der Waals surface area contributed by atoms with Crippen molar-refractivity contribution in [2.75, 3.05) is 0 Å². The molecular formula is C11H13P. The monoisotopic (exact) mass is 176 g/mol. The van der Waals surface area contributed by atoms with Crippen LogP contribution in [0.2, 0.25) is 0 Å². The molecule has 0 radical (unpaired) electrons. The molecule has 62 valence electrons. The molecule has 1 aromatic rings. The Morgan fingerprint density at radius 2 is 2.08 bits per heavy atom. The summed E-state index contributed by atoms with van der Waals surface area (Å²) < 4.78 is 0. The quantitative estimate of drug-likeness (QED) is 0.611. The summed E-state index contributed by atoms with van der Waals surface area (Å²) in [5.74, 6) is 2.27. The van der Waals surface area contributed by atoms with Crippen LogP contribution < -0.4 is 0 Å². The van der Waals surface area contributed by atoms with Crippen LogP contribution in [0.4, 0.5) is 0 Å². The fraction of sp³-hybridized carbons (Fsp3) is 0.273. The lowest BCUT2D eigenvalue weighted by Gasteiger charge is -2.02. The van der Waals surface area contributed by atoms with Gasteiger partial charge in [-0.05, 0) is 42.8 Å². The lowest BCUT2D eigenvalue weighted by Crippen LogP contribution is -1.79. The van der Waals surface area contributed by atoms with Gasteiger partial charge in [0.1, 0.15) is 0 Å². The van der Waals surface area contributed by atoms with E-state index in [2.05, 4.69) is 37.9 Å². The molecule has 1 aliphatic carbocycles.